The number of aliphatic hydroxyl groups excluding tert-OH is 1. The quantitative estimate of drug-likeness (QED) is 0.286. The number of carbonyl (C=O) groups is 1. The summed E-state index contributed by atoms with van der Waals surface area (Å²) in [6.07, 6.45) is -0.850. The molecule has 4 N–H and O–H groups in total. The first-order chi connectivity index (χ1) is 16.6. The summed E-state index contributed by atoms with van der Waals surface area (Å²) in [5.74, 6) is -0.623. The van der Waals surface area contributed by atoms with E-state index in [0.717, 1.165) is 31.9 Å². The molecule has 1 aromatic carbocycles. The van der Waals surface area contributed by atoms with Crippen molar-refractivity contribution in [1.29, 1.82) is 0 Å². The van der Waals surface area contributed by atoms with E-state index in [0.29, 0.717) is 6.54 Å². The summed E-state index contributed by atoms with van der Waals surface area (Å²) >= 11 is 0. The van der Waals surface area contributed by atoms with Crippen LogP contribution in [0.4, 0.5) is 30.6 Å². The number of aliphatic hydroxyl groups is 1. The molecule has 0 saturated heterocycles. The van der Waals surface area contributed by atoms with Crippen LogP contribution in [0.3, 0.4) is 0 Å². The lowest BCUT2D eigenvalue weighted by atomic mass is 9.86. The molecule has 0 bridgehead atoms. The lowest BCUT2D eigenvalue weighted by molar-refractivity contribution is -0.384. The van der Waals surface area contributed by atoms with Gasteiger partial charge in [-0.3, -0.25) is 14.9 Å². The Kier molecular flexibility index (Phi) is 8.63. The van der Waals surface area contributed by atoms with Crippen molar-refractivity contribution in [3.8, 4) is 5.75 Å². The molecule has 1 fully saturated rings. The molecule has 14 heteroatoms. The highest BCUT2D eigenvalue weighted by Gasteiger charge is 2.32. The van der Waals surface area contributed by atoms with E-state index in [9.17, 15) is 28.1 Å². The van der Waals surface area contributed by atoms with Crippen LogP contribution in [0.2, 0.25) is 0 Å². The van der Waals surface area contributed by atoms with Gasteiger partial charge in [0.15, 0.2) is 0 Å². The Hall–Kier alpha value is -3.68. The average molecular weight is 498 g/mol. The van der Waals surface area contributed by atoms with Crippen molar-refractivity contribution in [1.82, 2.24) is 15.3 Å². The van der Waals surface area contributed by atoms with E-state index < -0.39 is 23.8 Å². The molecular formula is C21H25F3N6O5. The van der Waals surface area contributed by atoms with Gasteiger partial charge in [0.1, 0.15) is 18.6 Å². The molecule has 0 unspecified atom stereocenters. The lowest BCUT2D eigenvalue weighted by Crippen LogP contribution is -2.39. The van der Waals surface area contributed by atoms with Gasteiger partial charge in [0.25, 0.3) is 0 Å². The first kappa shape index (κ1) is 25.9. The second-order valence-corrected chi connectivity index (χ2v) is 8.02. The van der Waals surface area contributed by atoms with Crippen LogP contribution >= 0.6 is 0 Å². The number of ether oxygens (including phenoxy) is 1. The fraction of sp³-hybridized carbons (Fsp3) is 0.476. The van der Waals surface area contributed by atoms with Gasteiger partial charge in [0.05, 0.1) is 4.92 Å². The summed E-state index contributed by atoms with van der Waals surface area (Å²) in [6, 6.07) is 5.56. The van der Waals surface area contributed by atoms with Crippen LogP contribution in [-0.2, 0) is 11.3 Å². The van der Waals surface area contributed by atoms with Gasteiger partial charge in [-0.05, 0) is 37.7 Å². The number of rotatable bonds is 10. The molecule has 1 aliphatic rings. The predicted octanol–water partition coefficient (Wildman–Crippen LogP) is 2.97. The van der Waals surface area contributed by atoms with Gasteiger partial charge in [0.2, 0.25) is 17.7 Å². The molecule has 0 aliphatic heterocycles. The van der Waals surface area contributed by atoms with E-state index in [2.05, 4.69) is 30.7 Å². The molecule has 1 aliphatic carbocycles. The Bertz CT molecular complexity index is 1030. The normalized spacial score (nSPS) is 17.9. The number of halogens is 3. The van der Waals surface area contributed by atoms with Crippen LogP contribution < -0.4 is 20.7 Å². The highest BCUT2D eigenvalue weighted by molar-refractivity contribution is 5.77. The Morgan fingerprint density at radius 1 is 1.20 bits per heavy atom. The number of para-hydroxylation sites is 1. The maximum atomic E-state index is 12.6. The predicted molar refractivity (Wildman–Crippen MR) is 119 cm³/mol. The standard InChI is InChI=1S/C21H25F3N6O5/c22-21(23,24)35-17-4-2-1-3-14(17)10-26-20-27-11-16(30(33)34)19(29-20)25-9-13-5-7-15(8-6-13)28-18(32)12-31/h1-4,11,13,15,31H,5-10,12H2,(H,28,32)(H2,25,26,27,29)/t13-,15-. The van der Waals surface area contributed by atoms with Crippen LogP contribution in [0.15, 0.2) is 30.5 Å². The molecule has 2 aromatic rings. The first-order valence-corrected chi connectivity index (χ1v) is 10.9. The molecule has 0 spiro atoms. The molecule has 0 atom stereocenters. The van der Waals surface area contributed by atoms with Crippen LogP contribution in [-0.4, -0.2) is 51.5 Å². The van der Waals surface area contributed by atoms with E-state index in [-0.39, 0.29) is 47.3 Å². The highest BCUT2D eigenvalue weighted by atomic mass is 19.4. The summed E-state index contributed by atoms with van der Waals surface area (Å²) in [6.45, 7) is -0.260. The Morgan fingerprint density at radius 2 is 1.91 bits per heavy atom. The molecule has 3 rings (SSSR count). The van der Waals surface area contributed by atoms with Crippen LogP contribution in [0, 0.1) is 16.0 Å². The van der Waals surface area contributed by atoms with Crippen LogP contribution in [0.5, 0.6) is 5.75 Å². The second kappa shape index (κ2) is 11.6. The minimum Gasteiger partial charge on any atom is -0.405 e. The number of anilines is 2. The van der Waals surface area contributed by atoms with E-state index in [1.165, 1.54) is 18.2 Å². The number of benzene rings is 1. The number of nitrogens with zero attached hydrogens (tertiary/aromatic N) is 3. The van der Waals surface area contributed by atoms with Crippen molar-refractivity contribution < 1.29 is 32.7 Å². The molecule has 190 valence electrons. The smallest absolute Gasteiger partial charge is 0.405 e. The highest BCUT2D eigenvalue weighted by Crippen LogP contribution is 2.29. The Morgan fingerprint density at radius 3 is 2.57 bits per heavy atom. The van der Waals surface area contributed by atoms with Gasteiger partial charge in [-0.2, -0.15) is 4.98 Å². The molecular weight excluding hydrogens is 473 g/mol. The van der Waals surface area contributed by atoms with Gasteiger partial charge in [-0.25, -0.2) is 4.98 Å². The van der Waals surface area contributed by atoms with Gasteiger partial charge >= 0.3 is 12.0 Å². The zero-order valence-corrected chi connectivity index (χ0v) is 18.5. The van der Waals surface area contributed by atoms with Gasteiger partial charge < -0.3 is 25.8 Å². The van der Waals surface area contributed by atoms with E-state index in [4.69, 9.17) is 5.11 Å². The minimum atomic E-state index is -4.85. The number of carbonyl (C=O) groups excluding carboxylic acids is 1. The largest absolute Gasteiger partial charge is 0.573 e. The van der Waals surface area contributed by atoms with Crippen LogP contribution in [0.1, 0.15) is 31.2 Å². The molecule has 0 radical (unpaired) electrons. The van der Waals surface area contributed by atoms with Crippen LogP contribution in [0.25, 0.3) is 0 Å². The fourth-order valence-corrected chi connectivity index (χ4v) is 3.80. The number of alkyl halides is 3. The maximum Gasteiger partial charge on any atom is 0.573 e. The number of nitro groups is 1. The number of nitrogens with one attached hydrogen (secondary N) is 3. The van der Waals surface area contributed by atoms with E-state index in [1.807, 2.05) is 0 Å². The maximum absolute atomic E-state index is 12.6. The molecule has 1 saturated carbocycles. The first-order valence-electron chi connectivity index (χ1n) is 10.9. The van der Waals surface area contributed by atoms with Crippen molar-refractivity contribution in [3.05, 3.63) is 46.1 Å². The molecule has 1 aromatic heterocycles. The zero-order chi connectivity index (χ0) is 25.4. The fourth-order valence-electron chi connectivity index (χ4n) is 3.80. The third-order valence-corrected chi connectivity index (χ3v) is 5.52. The summed E-state index contributed by atoms with van der Waals surface area (Å²) in [4.78, 5) is 30.1. The lowest BCUT2D eigenvalue weighted by Gasteiger charge is -2.29. The topological polar surface area (TPSA) is 152 Å². The Labute approximate surface area is 198 Å². The Balaban J connectivity index is 1.61. The average Bonchev–Trinajstić information content (AvgIpc) is 2.82. The minimum absolute atomic E-state index is 0.00432. The summed E-state index contributed by atoms with van der Waals surface area (Å²) in [7, 11) is 0. The van der Waals surface area contributed by atoms with Gasteiger partial charge in [-0.15, -0.1) is 13.2 Å². The van der Waals surface area contributed by atoms with Crippen molar-refractivity contribution in [2.24, 2.45) is 5.92 Å². The summed E-state index contributed by atoms with van der Waals surface area (Å²) in [5, 5.41) is 28.7. The SMILES string of the molecule is O=C(CO)N[C@H]1CC[C@H](CNc2nc(NCc3ccccc3OC(F)(F)F)ncc2[N+](=O)[O-])CC1. The van der Waals surface area contributed by atoms with Crippen molar-refractivity contribution in [2.75, 3.05) is 23.8 Å². The number of hydrogen-bond donors (Lipinski definition) is 4. The monoisotopic (exact) mass is 498 g/mol. The van der Waals surface area contributed by atoms with Crippen molar-refractivity contribution in [3.63, 3.8) is 0 Å². The molecule has 1 heterocycles. The molecule has 35 heavy (non-hydrogen) atoms. The third-order valence-electron chi connectivity index (χ3n) is 5.52. The number of aromatic nitrogens is 2. The van der Waals surface area contributed by atoms with Crippen molar-refractivity contribution >= 4 is 23.4 Å². The third kappa shape index (κ3) is 7.95. The van der Waals surface area contributed by atoms with Gasteiger partial charge in [-0.1, -0.05) is 18.2 Å². The summed E-state index contributed by atoms with van der Waals surface area (Å²) < 4.78 is 41.9. The number of hydrogen-bond acceptors (Lipinski definition) is 9. The zero-order valence-electron chi connectivity index (χ0n) is 18.5. The molecule has 1 amide bonds. The summed E-state index contributed by atoms with van der Waals surface area (Å²) in [5.41, 5.74) is -0.133. The number of amides is 1. The van der Waals surface area contributed by atoms with E-state index in [1.54, 1.807) is 6.07 Å². The van der Waals surface area contributed by atoms with E-state index >= 15 is 0 Å². The second-order valence-electron chi connectivity index (χ2n) is 8.02. The van der Waals surface area contributed by atoms with Gasteiger partial charge in [0, 0.05) is 24.7 Å². The molecule has 11 nitrogen and oxygen atoms in total. The van der Waals surface area contributed by atoms with Crippen molar-refractivity contribution in [2.45, 2.75) is 44.6 Å².